The van der Waals surface area contributed by atoms with E-state index in [0.29, 0.717) is 19.7 Å². The molecule has 4 nitrogen and oxygen atoms in total. The number of nitrogens with zero attached hydrogens (tertiary/aromatic N) is 2. The first-order valence-electron chi connectivity index (χ1n) is 8.63. The summed E-state index contributed by atoms with van der Waals surface area (Å²) in [6, 6.07) is 8.22. The van der Waals surface area contributed by atoms with E-state index in [0.717, 1.165) is 23.4 Å². The van der Waals surface area contributed by atoms with Gasteiger partial charge in [0.2, 0.25) is 5.91 Å². The first kappa shape index (κ1) is 15.8. The van der Waals surface area contributed by atoms with Gasteiger partial charge in [0.15, 0.2) is 0 Å². The average molecular weight is 342 g/mol. The third-order valence-corrected chi connectivity index (χ3v) is 6.10. The van der Waals surface area contributed by atoms with Crippen molar-refractivity contribution in [3.63, 3.8) is 0 Å². The van der Waals surface area contributed by atoms with E-state index >= 15 is 0 Å². The van der Waals surface area contributed by atoms with Crippen LogP contribution >= 0.6 is 11.3 Å². The molecule has 2 aromatic rings. The lowest BCUT2D eigenvalue weighted by Crippen LogP contribution is -2.48. The maximum atomic E-state index is 13.1. The van der Waals surface area contributed by atoms with Crippen molar-refractivity contribution in [3.05, 3.63) is 41.4 Å². The molecule has 3 atom stereocenters. The number of thiazole rings is 1. The Morgan fingerprint density at radius 2 is 2.12 bits per heavy atom. The number of allylic oxidation sites excluding steroid dienone is 2. The quantitative estimate of drug-likeness (QED) is 0.783. The number of benzene rings is 1. The van der Waals surface area contributed by atoms with Crippen molar-refractivity contribution in [3.8, 4) is 0 Å². The number of aromatic nitrogens is 1. The third kappa shape index (κ3) is 2.98. The number of amides is 1. The van der Waals surface area contributed by atoms with Crippen molar-refractivity contribution in [2.45, 2.75) is 31.8 Å². The van der Waals surface area contributed by atoms with Crippen molar-refractivity contribution in [2.24, 2.45) is 5.92 Å². The number of rotatable bonds is 2. The second-order valence-corrected chi connectivity index (χ2v) is 7.70. The number of carbonyl (C=O) groups excluding carboxylic acids is 1. The van der Waals surface area contributed by atoms with Gasteiger partial charge >= 0.3 is 0 Å². The zero-order valence-corrected chi connectivity index (χ0v) is 14.7. The summed E-state index contributed by atoms with van der Waals surface area (Å²) in [7, 11) is 0. The predicted octanol–water partition coefficient (Wildman–Crippen LogP) is 3.59. The van der Waals surface area contributed by atoms with Crippen LogP contribution in [0.5, 0.6) is 0 Å². The summed E-state index contributed by atoms with van der Waals surface area (Å²) in [4.78, 5) is 19.9. The number of morpholine rings is 1. The van der Waals surface area contributed by atoms with Crippen molar-refractivity contribution in [1.82, 2.24) is 9.88 Å². The molecule has 126 valence electrons. The van der Waals surface area contributed by atoms with Gasteiger partial charge in [-0.2, -0.15) is 0 Å². The van der Waals surface area contributed by atoms with Gasteiger partial charge in [-0.25, -0.2) is 4.98 Å². The molecular weight excluding hydrogens is 320 g/mol. The van der Waals surface area contributed by atoms with Crippen molar-refractivity contribution < 1.29 is 9.53 Å². The molecule has 0 N–H and O–H groups in total. The average Bonchev–Trinajstić information content (AvgIpc) is 3.05. The van der Waals surface area contributed by atoms with E-state index in [2.05, 4.69) is 24.3 Å². The van der Waals surface area contributed by atoms with E-state index in [4.69, 9.17) is 9.72 Å². The molecule has 1 aromatic carbocycles. The smallest absolute Gasteiger partial charge is 0.226 e. The first-order valence-corrected chi connectivity index (χ1v) is 9.45. The van der Waals surface area contributed by atoms with E-state index in [9.17, 15) is 4.79 Å². The van der Waals surface area contributed by atoms with Crippen LogP contribution in [0.25, 0.3) is 10.2 Å². The van der Waals surface area contributed by atoms with Gasteiger partial charge in [-0.05, 0) is 31.9 Å². The summed E-state index contributed by atoms with van der Waals surface area (Å²) in [6.07, 6.45) is 6.18. The highest BCUT2D eigenvalue weighted by molar-refractivity contribution is 7.18. The summed E-state index contributed by atoms with van der Waals surface area (Å²) < 4.78 is 6.78. The molecule has 0 radical (unpaired) electrons. The van der Waals surface area contributed by atoms with Gasteiger partial charge in [0.25, 0.3) is 0 Å². The van der Waals surface area contributed by atoms with Crippen LogP contribution in [0.15, 0.2) is 36.4 Å². The van der Waals surface area contributed by atoms with E-state index in [-0.39, 0.29) is 23.8 Å². The number of carbonyl (C=O) groups is 1. The summed E-state index contributed by atoms with van der Waals surface area (Å²) >= 11 is 1.73. The van der Waals surface area contributed by atoms with Crippen LogP contribution in [0.2, 0.25) is 0 Å². The van der Waals surface area contributed by atoms with E-state index in [1.54, 1.807) is 11.3 Å². The van der Waals surface area contributed by atoms with Gasteiger partial charge in [-0.1, -0.05) is 24.3 Å². The van der Waals surface area contributed by atoms with Crippen molar-refractivity contribution >= 4 is 27.5 Å². The number of ether oxygens (including phenoxy) is 1. The molecule has 0 unspecified atom stereocenters. The molecule has 0 saturated carbocycles. The molecule has 0 spiro atoms. The topological polar surface area (TPSA) is 42.4 Å². The van der Waals surface area contributed by atoms with Crippen molar-refractivity contribution in [1.29, 1.82) is 0 Å². The minimum atomic E-state index is 0.000798. The van der Waals surface area contributed by atoms with Crippen LogP contribution in [0, 0.1) is 5.92 Å². The first-order chi connectivity index (χ1) is 11.7. The highest BCUT2D eigenvalue weighted by Gasteiger charge is 2.36. The summed E-state index contributed by atoms with van der Waals surface area (Å²) in [6.45, 7) is 4.08. The lowest BCUT2D eigenvalue weighted by atomic mass is 9.82. The molecule has 24 heavy (non-hydrogen) atoms. The molecule has 1 fully saturated rings. The normalized spacial score (nSPS) is 27.5. The Balaban J connectivity index is 1.61. The highest BCUT2D eigenvalue weighted by atomic mass is 32.1. The van der Waals surface area contributed by atoms with Gasteiger partial charge in [0.05, 0.1) is 33.9 Å². The highest BCUT2D eigenvalue weighted by Crippen LogP contribution is 2.39. The number of hydrogen-bond donors (Lipinski definition) is 0. The van der Waals surface area contributed by atoms with Crippen molar-refractivity contribution in [2.75, 3.05) is 19.7 Å². The molecule has 5 heteroatoms. The number of para-hydroxylation sites is 1. The molecule has 0 bridgehead atoms. The Morgan fingerprint density at radius 3 is 2.96 bits per heavy atom. The summed E-state index contributed by atoms with van der Waals surface area (Å²) in [5.41, 5.74) is 1.04. The van der Waals surface area contributed by atoms with Gasteiger partial charge in [-0.3, -0.25) is 4.79 Å². The van der Waals surface area contributed by atoms with Crippen LogP contribution in [-0.4, -0.2) is 41.6 Å². The standard InChI is InChI=1S/C19H22N2O2S/c1-13-12-21(10-11-23-13)19(22)15-7-3-2-6-14(15)18-20-16-8-4-5-9-17(16)24-18/h2-5,8-9,13-15H,6-7,10-12H2,1H3/t13-,14+,15+/m1/s1. The fourth-order valence-electron chi connectivity index (χ4n) is 3.66. The third-order valence-electron chi connectivity index (χ3n) is 4.93. The summed E-state index contributed by atoms with van der Waals surface area (Å²) in [5.74, 6) is 0.456. The maximum absolute atomic E-state index is 13.1. The number of hydrogen-bond acceptors (Lipinski definition) is 4. The second-order valence-electron chi connectivity index (χ2n) is 6.64. The SMILES string of the molecule is C[C@@H]1CN(C(=O)[C@H]2CC=CC[C@@H]2c2nc3ccccc3s2)CCO1. The Labute approximate surface area is 146 Å². The summed E-state index contributed by atoms with van der Waals surface area (Å²) in [5, 5.41) is 1.10. The second kappa shape index (κ2) is 6.65. The molecule has 4 rings (SSSR count). The zero-order chi connectivity index (χ0) is 16.5. The molecule has 1 aromatic heterocycles. The molecule has 1 amide bonds. The fraction of sp³-hybridized carbons (Fsp3) is 0.474. The maximum Gasteiger partial charge on any atom is 0.226 e. The van der Waals surface area contributed by atoms with E-state index in [1.165, 1.54) is 4.70 Å². The zero-order valence-electron chi connectivity index (χ0n) is 13.9. The molecule has 2 heterocycles. The Hall–Kier alpha value is -1.72. The Bertz CT molecular complexity index is 737. The lowest BCUT2D eigenvalue weighted by Gasteiger charge is -2.36. The molecular formula is C19H22N2O2S. The number of fused-ring (bicyclic) bond motifs is 1. The van der Waals surface area contributed by atoms with Gasteiger partial charge in [0.1, 0.15) is 0 Å². The van der Waals surface area contributed by atoms with Crippen LogP contribution < -0.4 is 0 Å². The Morgan fingerprint density at radius 1 is 1.29 bits per heavy atom. The monoisotopic (exact) mass is 342 g/mol. The van der Waals surface area contributed by atoms with Crippen LogP contribution in [0.3, 0.4) is 0 Å². The Kier molecular flexibility index (Phi) is 4.37. The van der Waals surface area contributed by atoms with Gasteiger partial charge in [0, 0.05) is 19.0 Å². The van der Waals surface area contributed by atoms with Crippen LogP contribution in [0.4, 0.5) is 0 Å². The molecule has 2 aliphatic rings. The largest absolute Gasteiger partial charge is 0.375 e. The molecule has 1 aliphatic heterocycles. The minimum absolute atomic E-state index is 0.000798. The van der Waals surface area contributed by atoms with Crippen LogP contribution in [0.1, 0.15) is 30.7 Å². The lowest BCUT2D eigenvalue weighted by molar-refractivity contribution is -0.143. The van der Waals surface area contributed by atoms with Gasteiger partial charge in [-0.15, -0.1) is 11.3 Å². The fourth-order valence-corrected chi connectivity index (χ4v) is 4.81. The predicted molar refractivity (Wildman–Crippen MR) is 96.2 cm³/mol. The van der Waals surface area contributed by atoms with Gasteiger partial charge < -0.3 is 9.64 Å². The molecule has 1 saturated heterocycles. The van der Waals surface area contributed by atoms with E-state index in [1.807, 2.05) is 24.0 Å². The molecule has 1 aliphatic carbocycles. The minimum Gasteiger partial charge on any atom is -0.375 e. The van der Waals surface area contributed by atoms with E-state index < -0.39 is 0 Å². The van der Waals surface area contributed by atoms with Crippen LogP contribution in [-0.2, 0) is 9.53 Å².